The summed E-state index contributed by atoms with van der Waals surface area (Å²) in [5, 5.41) is 18.1. The van der Waals surface area contributed by atoms with Gasteiger partial charge in [0.05, 0.1) is 0 Å². The molecule has 0 aromatic carbocycles. The van der Waals surface area contributed by atoms with Gasteiger partial charge in [0.2, 0.25) is 0 Å². The quantitative estimate of drug-likeness (QED) is 0.327. The zero-order chi connectivity index (χ0) is 18.6. The molecule has 0 saturated heterocycles. The molecule has 0 radical (unpaired) electrons. The van der Waals surface area contributed by atoms with E-state index in [1.807, 2.05) is 0 Å². The average Bonchev–Trinajstić information content (AvgIpc) is 2.52. The number of hydrogen-bond acceptors (Lipinski definition) is 4. The van der Waals surface area contributed by atoms with E-state index >= 15 is 0 Å². The molecule has 0 amide bonds. The van der Waals surface area contributed by atoms with E-state index in [0.29, 0.717) is 0 Å². The fourth-order valence-electron chi connectivity index (χ4n) is 2.29. The molecule has 5 nitrogen and oxygen atoms in total. The summed E-state index contributed by atoms with van der Waals surface area (Å²) in [5.74, 6) is -1.87. The predicted octanol–water partition coefficient (Wildman–Crippen LogP) is 0.640. The molecule has 0 rings (SSSR count). The summed E-state index contributed by atoms with van der Waals surface area (Å²) < 4.78 is 0. The van der Waals surface area contributed by atoms with Crippen LogP contribution in [0.5, 0.6) is 0 Å². The predicted molar refractivity (Wildman–Crippen MR) is 96.6 cm³/mol. The van der Waals surface area contributed by atoms with Gasteiger partial charge in [0.15, 0.2) is 0 Å². The molecule has 0 aromatic rings. The average molecular weight is 368 g/mol. The number of hydrogen-bond donors (Lipinski definition) is 2. The van der Waals surface area contributed by atoms with Gasteiger partial charge in [-0.1, -0.05) is 84.0 Å². The van der Waals surface area contributed by atoms with Crippen molar-refractivity contribution in [3.8, 4) is 0 Å². The Kier molecular flexibility index (Phi) is 28.4. The first-order chi connectivity index (χ1) is 11.4. The van der Waals surface area contributed by atoms with E-state index < -0.39 is 18.0 Å². The maximum absolute atomic E-state index is 10.2. The van der Waals surface area contributed by atoms with Gasteiger partial charge in [0.1, 0.15) is 6.04 Å². The number of carbonyl (C=O) groups is 2. The molecule has 6 heteroatoms. The van der Waals surface area contributed by atoms with Crippen molar-refractivity contribution in [1.82, 2.24) is 0 Å². The molecule has 1 unspecified atom stereocenters. The van der Waals surface area contributed by atoms with E-state index in [0.717, 1.165) is 12.8 Å². The summed E-state index contributed by atoms with van der Waals surface area (Å²) in [6, 6.07) is -0.731. The molecule has 0 aliphatic carbocycles. The summed E-state index contributed by atoms with van der Waals surface area (Å²) in [7, 11) is 0. The molecule has 0 saturated carbocycles. The topological polar surface area (TPSA) is 103 Å². The van der Waals surface area contributed by atoms with Crippen molar-refractivity contribution in [1.29, 1.82) is 0 Å². The van der Waals surface area contributed by atoms with Crippen molar-refractivity contribution in [2.45, 2.75) is 110 Å². The van der Waals surface area contributed by atoms with Crippen LogP contribution >= 0.6 is 0 Å². The van der Waals surface area contributed by atoms with Crippen LogP contribution in [-0.4, -0.2) is 23.1 Å². The molecule has 25 heavy (non-hydrogen) atoms. The number of aliphatic carboxylic acids is 2. The SMILES string of the molecule is CC(N)C(=O)O.CCCCCCCCCCCCCCCC(=O)[O-].[Na+]. The standard InChI is InChI=1S/C16H32O2.C3H7NO2.Na/c1-2-3-4-5-6-7-8-9-10-11-12-13-14-15-16(17)18;1-2(4)3(5)6;/h2-15H2,1H3,(H,17,18);2H,4H2,1H3,(H,5,6);/q;;+1/p-1. The summed E-state index contributed by atoms with van der Waals surface area (Å²) in [6.45, 7) is 3.68. The van der Waals surface area contributed by atoms with Crippen molar-refractivity contribution in [2.75, 3.05) is 0 Å². The molecular formula is C19H38NNaO4. The van der Waals surface area contributed by atoms with Gasteiger partial charge in [0.25, 0.3) is 0 Å². The smallest absolute Gasteiger partial charge is 0.550 e. The maximum atomic E-state index is 10.2. The zero-order valence-corrected chi connectivity index (χ0v) is 18.7. The van der Waals surface area contributed by atoms with Crippen LogP contribution < -0.4 is 40.4 Å². The molecule has 0 heterocycles. The Morgan fingerprint density at radius 1 is 0.840 bits per heavy atom. The van der Waals surface area contributed by atoms with Crippen molar-refractivity contribution in [3.05, 3.63) is 0 Å². The van der Waals surface area contributed by atoms with E-state index in [1.165, 1.54) is 77.6 Å². The van der Waals surface area contributed by atoms with E-state index in [1.54, 1.807) is 0 Å². The van der Waals surface area contributed by atoms with Crippen LogP contribution in [0.15, 0.2) is 0 Å². The van der Waals surface area contributed by atoms with Crippen LogP contribution in [-0.2, 0) is 9.59 Å². The fourth-order valence-corrected chi connectivity index (χ4v) is 2.29. The summed E-state index contributed by atoms with van der Waals surface area (Å²) in [6.07, 6.45) is 16.9. The van der Waals surface area contributed by atoms with Gasteiger partial charge in [-0.3, -0.25) is 4.79 Å². The Morgan fingerprint density at radius 2 is 1.12 bits per heavy atom. The van der Waals surface area contributed by atoms with Gasteiger partial charge in [-0.2, -0.15) is 0 Å². The van der Waals surface area contributed by atoms with Gasteiger partial charge in [-0.05, 0) is 19.8 Å². The second-order valence-corrected chi connectivity index (χ2v) is 6.49. The minimum absolute atomic E-state index is 0. The minimum atomic E-state index is -0.963. The second kappa shape index (κ2) is 23.9. The monoisotopic (exact) mass is 367 g/mol. The Balaban J connectivity index is -0.000000592. The van der Waals surface area contributed by atoms with Gasteiger partial charge in [0, 0.05) is 5.97 Å². The molecule has 3 N–H and O–H groups in total. The van der Waals surface area contributed by atoms with Gasteiger partial charge < -0.3 is 20.7 Å². The largest absolute Gasteiger partial charge is 1.00 e. The van der Waals surface area contributed by atoms with Gasteiger partial charge >= 0.3 is 35.5 Å². The Morgan fingerprint density at radius 3 is 1.36 bits per heavy atom. The van der Waals surface area contributed by atoms with E-state index in [2.05, 4.69) is 6.92 Å². The first-order valence-electron chi connectivity index (χ1n) is 9.60. The van der Waals surface area contributed by atoms with E-state index in [-0.39, 0.29) is 36.0 Å². The number of rotatable bonds is 15. The molecule has 144 valence electrons. The second-order valence-electron chi connectivity index (χ2n) is 6.49. The molecule has 0 aliphatic heterocycles. The fraction of sp³-hybridized carbons (Fsp3) is 0.895. The van der Waals surface area contributed by atoms with Crippen LogP contribution in [0.3, 0.4) is 0 Å². The van der Waals surface area contributed by atoms with Crippen LogP contribution in [0.25, 0.3) is 0 Å². The number of carbonyl (C=O) groups excluding carboxylic acids is 1. The van der Waals surface area contributed by atoms with Crippen LogP contribution in [0, 0.1) is 0 Å². The van der Waals surface area contributed by atoms with Crippen molar-refractivity contribution < 1.29 is 49.4 Å². The Hall–Kier alpha value is -0.100. The van der Waals surface area contributed by atoms with Gasteiger partial charge in [-0.25, -0.2) is 0 Å². The maximum Gasteiger partial charge on any atom is 1.00 e. The summed E-state index contributed by atoms with van der Waals surface area (Å²) >= 11 is 0. The van der Waals surface area contributed by atoms with E-state index in [9.17, 15) is 14.7 Å². The molecule has 0 bridgehead atoms. The minimum Gasteiger partial charge on any atom is -0.550 e. The third-order valence-corrected chi connectivity index (χ3v) is 3.87. The molecule has 0 spiro atoms. The van der Waals surface area contributed by atoms with Crippen LogP contribution in [0.2, 0.25) is 0 Å². The molecule has 0 fully saturated rings. The number of nitrogens with two attached hydrogens (primary N) is 1. The number of unbranched alkanes of at least 4 members (excludes halogenated alkanes) is 12. The van der Waals surface area contributed by atoms with E-state index in [4.69, 9.17) is 10.8 Å². The Labute approximate surface area is 176 Å². The first kappa shape index (κ1) is 29.7. The van der Waals surface area contributed by atoms with Crippen LogP contribution in [0.4, 0.5) is 0 Å². The molecule has 0 aromatic heterocycles. The molecular weight excluding hydrogens is 329 g/mol. The molecule has 1 atom stereocenters. The van der Waals surface area contributed by atoms with Crippen molar-refractivity contribution >= 4 is 11.9 Å². The summed E-state index contributed by atoms with van der Waals surface area (Å²) in [5.41, 5.74) is 4.84. The molecule has 0 aliphatic rings. The van der Waals surface area contributed by atoms with Crippen molar-refractivity contribution in [3.63, 3.8) is 0 Å². The zero-order valence-electron chi connectivity index (χ0n) is 16.7. The van der Waals surface area contributed by atoms with Crippen LogP contribution in [0.1, 0.15) is 104 Å². The summed E-state index contributed by atoms with van der Waals surface area (Å²) in [4.78, 5) is 19.8. The third kappa shape index (κ3) is 32.1. The number of carboxylic acids is 2. The van der Waals surface area contributed by atoms with Gasteiger partial charge in [-0.15, -0.1) is 0 Å². The Bertz CT molecular complexity index is 299. The first-order valence-corrected chi connectivity index (χ1v) is 9.60. The third-order valence-electron chi connectivity index (χ3n) is 3.87. The normalized spacial score (nSPS) is 11.0. The number of carboxylic acid groups (broad SMARTS) is 2. The van der Waals surface area contributed by atoms with Crippen molar-refractivity contribution in [2.24, 2.45) is 5.73 Å².